The normalized spacial score (nSPS) is 14.3. The molecule has 3 heterocycles. The van der Waals surface area contributed by atoms with Crippen molar-refractivity contribution in [2.75, 3.05) is 37.0 Å². The van der Waals surface area contributed by atoms with E-state index in [1.165, 1.54) is 11.3 Å². The Hall–Kier alpha value is -3.23. The monoisotopic (exact) mass is 398 g/mol. The Morgan fingerprint density at radius 3 is 2.72 bits per heavy atom. The first-order valence-corrected chi connectivity index (χ1v) is 9.49. The van der Waals surface area contributed by atoms with E-state index in [-0.39, 0.29) is 11.3 Å². The fourth-order valence-electron chi connectivity index (χ4n) is 2.98. The van der Waals surface area contributed by atoms with Gasteiger partial charge in [-0.05, 0) is 29.5 Å². The molecule has 1 amide bonds. The standard InChI is InChI=1S/C20H26N6O3/c1-20(2,3)13-21-16-6-5-15(22-18(16)25(4)24-28)14-7-10-26(11-8-14)19(27)17-9-12-29-23-17/h5-7,9,12,21H,8,10-11,13H2,1-4H3. The maximum absolute atomic E-state index is 12.4. The molecule has 0 saturated heterocycles. The molecule has 0 unspecified atom stereocenters. The molecule has 3 rings (SSSR count). The Kier molecular flexibility index (Phi) is 5.95. The molecule has 154 valence electrons. The van der Waals surface area contributed by atoms with Crippen LogP contribution in [-0.2, 0) is 0 Å². The van der Waals surface area contributed by atoms with Crippen molar-refractivity contribution in [1.82, 2.24) is 15.0 Å². The van der Waals surface area contributed by atoms with E-state index in [0.29, 0.717) is 31.0 Å². The van der Waals surface area contributed by atoms with Crippen molar-refractivity contribution >= 4 is 23.0 Å². The molecule has 0 atom stereocenters. The molecule has 29 heavy (non-hydrogen) atoms. The van der Waals surface area contributed by atoms with Crippen molar-refractivity contribution in [3.63, 3.8) is 0 Å². The molecule has 0 fully saturated rings. The first-order valence-electron chi connectivity index (χ1n) is 9.49. The number of anilines is 2. The summed E-state index contributed by atoms with van der Waals surface area (Å²) in [7, 11) is 1.58. The molecule has 0 aliphatic carbocycles. The van der Waals surface area contributed by atoms with Crippen molar-refractivity contribution in [3.8, 4) is 0 Å². The number of nitroso groups, excluding NO2 is 1. The highest BCUT2D eigenvalue weighted by molar-refractivity contribution is 5.92. The highest BCUT2D eigenvalue weighted by Gasteiger charge is 2.22. The van der Waals surface area contributed by atoms with E-state index in [2.05, 4.69) is 41.5 Å². The molecule has 0 spiro atoms. The summed E-state index contributed by atoms with van der Waals surface area (Å²) >= 11 is 0. The quantitative estimate of drug-likeness (QED) is 0.586. The Bertz CT molecular complexity index is 901. The lowest BCUT2D eigenvalue weighted by Crippen LogP contribution is -2.34. The molecule has 1 N–H and O–H groups in total. The molecule has 0 radical (unpaired) electrons. The minimum atomic E-state index is -0.158. The molecule has 1 aliphatic rings. The van der Waals surface area contributed by atoms with Gasteiger partial charge in [0.05, 0.1) is 16.7 Å². The highest BCUT2D eigenvalue weighted by atomic mass is 16.5. The lowest BCUT2D eigenvalue weighted by atomic mass is 9.97. The van der Waals surface area contributed by atoms with Crippen LogP contribution in [0.3, 0.4) is 0 Å². The number of nitrogens with one attached hydrogen (secondary N) is 1. The van der Waals surface area contributed by atoms with Crippen molar-refractivity contribution in [1.29, 1.82) is 0 Å². The predicted octanol–water partition coefficient (Wildman–Crippen LogP) is 3.57. The lowest BCUT2D eigenvalue weighted by molar-refractivity contribution is 0.0762. The smallest absolute Gasteiger partial charge is 0.276 e. The molecular weight excluding hydrogens is 372 g/mol. The zero-order valence-electron chi connectivity index (χ0n) is 17.2. The molecule has 1 aliphatic heterocycles. The second-order valence-electron chi connectivity index (χ2n) is 8.20. The van der Waals surface area contributed by atoms with Crippen LogP contribution in [0.5, 0.6) is 0 Å². The minimum Gasteiger partial charge on any atom is -0.381 e. The van der Waals surface area contributed by atoms with Gasteiger partial charge in [0.25, 0.3) is 5.91 Å². The van der Waals surface area contributed by atoms with Crippen LogP contribution in [0.4, 0.5) is 11.5 Å². The third kappa shape index (κ3) is 4.98. The van der Waals surface area contributed by atoms with E-state index >= 15 is 0 Å². The van der Waals surface area contributed by atoms with E-state index in [4.69, 9.17) is 4.52 Å². The van der Waals surface area contributed by atoms with Gasteiger partial charge < -0.3 is 14.7 Å². The summed E-state index contributed by atoms with van der Waals surface area (Å²) < 4.78 is 4.75. The van der Waals surface area contributed by atoms with Gasteiger partial charge in [-0.2, -0.15) is 0 Å². The number of pyridine rings is 1. The molecule has 9 heteroatoms. The average molecular weight is 398 g/mol. The molecule has 2 aromatic rings. The van der Waals surface area contributed by atoms with Gasteiger partial charge in [-0.3, -0.25) is 4.79 Å². The number of carbonyl (C=O) groups excluding carboxylic acids is 1. The maximum atomic E-state index is 12.4. The van der Waals surface area contributed by atoms with Crippen LogP contribution >= 0.6 is 0 Å². The zero-order chi connectivity index (χ0) is 21.0. The summed E-state index contributed by atoms with van der Waals surface area (Å²) in [5.74, 6) is 0.318. The van der Waals surface area contributed by atoms with Crippen LogP contribution in [0.2, 0.25) is 0 Å². The molecule has 2 aromatic heterocycles. The third-order valence-corrected chi connectivity index (χ3v) is 4.60. The number of hydrogen-bond donors (Lipinski definition) is 1. The molecular formula is C20H26N6O3. The number of rotatable bonds is 6. The number of amides is 1. The van der Waals surface area contributed by atoms with Crippen molar-refractivity contribution in [2.45, 2.75) is 27.2 Å². The van der Waals surface area contributed by atoms with Gasteiger partial charge in [-0.1, -0.05) is 32.0 Å². The predicted molar refractivity (Wildman–Crippen MR) is 111 cm³/mol. The van der Waals surface area contributed by atoms with Gasteiger partial charge in [-0.25, -0.2) is 9.99 Å². The Morgan fingerprint density at radius 1 is 1.34 bits per heavy atom. The van der Waals surface area contributed by atoms with Crippen LogP contribution in [0, 0.1) is 10.3 Å². The van der Waals surface area contributed by atoms with Gasteiger partial charge in [-0.15, -0.1) is 4.91 Å². The summed E-state index contributed by atoms with van der Waals surface area (Å²) in [6, 6.07) is 5.40. The van der Waals surface area contributed by atoms with Crippen LogP contribution in [0.1, 0.15) is 43.4 Å². The molecule has 0 aromatic carbocycles. The second kappa shape index (κ2) is 8.42. The van der Waals surface area contributed by atoms with Crippen LogP contribution in [0.15, 0.2) is 40.3 Å². The average Bonchev–Trinajstić information content (AvgIpc) is 3.25. The topological polar surface area (TPSA) is 104 Å². The second-order valence-corrected chi connectivity index (χ2v) is 8.20. The fraction of sp³-hybridized carbons (Fsp3) is 0.450. The lowest BCUT2D eigenvalue weighted by Gasteiger charge is -2.26. The number of aromatic nitrogens is 2. The van der Waals surface area contributed by atoms with E-state index in [1.54, 1.807) is 18.0 Å². The van der Waals surface area contributed by atoms with Gasteiger partial charge in [0.15, 0.2) is 11.5 Å². The zero-order valence-corrected chi connectivity index (χ0v) is 17.2. The van der Waals surface area contributed by atoms with E-state index in [9.17, 15) is 9.70 Å². The van der Waals surface area contributed by atoms with Crippen molar-refractivity contribution in [3.05, 3.63) is 46.8 Å². The molecule has 0 saturated carbocycles. The highest BCUT2D eigenvalue weighted by Crippen LogP contribution is 2.29. The maximum Gasteiger partial charge on any atom is 0.276 e. The Balaban J connectivity index is 1.78. The Labute approximate surface area is 169 Å². The summed E-state index contributed by atoms with van der Waals surface area (Å²) in [5.41, 5.74) is 2.93. The summed E-state index contributed by atoms with van der Waals surface area (Å²) in [6.45, 7) is 8.13. The number of hydrogen-bond acceptors (Lipinski definition) is 7. The van der Waals surface area contributed by atoms with Crippen LogP contribution in [0.25, 0.3) is 5.57 Å². The Morgan fingerprint density at radius 2 is 2.14 bits per heavy atom. The third-order valence-electron chi connectivity index (χ3n) is 4.60. The van der Waals surface area contributed by atoms with Gasteiger partial charge in [0.2, 0.25) is 0 Å². The van der Waals surface area contributed by atoms with Crippen molar-refractivity contribution in [2.24, 2.45) is 10.7 Å². The summed E-state index contributed by atoms with van der Waals surface area (Å²) in [6.07, 6.45) is 4.02. The minimum absolute atomic E-state index is 0.0782. The van der Waals surface area contributed by atoms with Gasteiger partial charge >= 0.3 is 0 Å². The van der Waals surface area contributed by atoms with Gasteiger partial charge in [0.1, 0.15) is 6.26 Å². The van der Waals surface area contributed by atoms with E-state index in [1.807, 2.05) is 18.2 Å². The first-order chi connectivity index (χ1) is 13.8. The summed E-state index contributed by atoms with van der Waals surface area (Å²) in [4.78, 5) is 29.9. The van der Waals surface area contributed by atoms with Gasteiger partial charge in [0, 0.05) is 32.7 Å². The van der Waals surface area contributed by atoms with Crippen molar-refractivity contribution < 1.29 is 9.32 Å². The fourth-order valence-corrected chi connectivity index (χ4v) is 2.98. The first kappa shape index (κ1) is 20.5. The summed E-state index contributed by atoms with van der Waals surface area (Å²) in [5, 5.41) is 11.3. The largest absolute Gasteiger partial charge is 0.381 e. The number of nitrogens with zero attached hydrogens (tertiary/aromatic N) is 5. The van der Waals surface area contributed by atoms with Crippen LogP contribution < -0.4 is 10.3 Å². The molecule has 0 bridgehead atoms. The van der Waals surface area contributed by atoms with Crippen LogP contribution in [-0.4, -0.2) is 47.6 Å². The van der Waals surface area contributed by atoms with E-state index < -0.39 is 0 Å². The van der Waals surface area contributed by atoms with E-state index in [0.717, 1.165) is 23.5 Å². The number of carbonyl (C=O) groups is 1. The SMILES string of the molecule is CN(N=O)c1nc(C2=CCN(C(=O)c3ccon3)CC2)ccc1NCC(C)(C)C. The molecule has 9 nitrogen and oxygen atoms in total.